The SMILES string of the molecule is CCS(=O)(=O)Nc1ccc(C(=O)/C=C/c2cc(OC)c3c(c2)OCCO3)cc1. The molecule has 0 aromatic heterocycles. The molecular formula is C20H21NO6S. The zero-order chi connectivity index (χ0) is 20.1. The molecule has 0 radical (unpaired) electrons. The molecule has 2 aromatic rings. The van der Waals surface area contributed by atoms with Crippen molar-refractivity contribution < 1.29 is 27.4 Å². The van der Waals surface area contributed by atoms with E-state index >= 15 is 0 Å². The smallest absolute Gasteiger partial charge is 0.232 e. The first kappa shape index (κ1) is 19.8. The lowest BCUT2D eigenvalue weighted by Gasteiger charge is -2.20. The van der Waals surface area contributed by atoms with Crippen LogP contribution < -0.4 is 18.9 Å². The quantitative estimate of drug-likeness (QED) is 0.564. The Balaban J connectivity index is 1.75. The Hall–Kier alpha value is -3.00. The third kappa shape index (κ3) is 4.64. The molecule has 2 aromatic carbocycles. The Morgan fingerprint density at radius 3 is 2.57 bits per heavy atom. The summed E-state index contributed by atoms with van der Waals surface area (Å²) in [6.07, 6.45) is 3.10. The molecular weight excluding hydrogens is 382 g/mol. The molecule has 8 heteroatoms. The lowest BCUT2D eigenvalue weighted by atomic mass is 10.1. The summed E-state index contributed by atoms with van der Waals surface area (Å²) < 4.78 is 42.1. The van der Waals surface area contributed by atoms with Crippen LogP contribution in [0, 0.1) is 0 Å². The van der Waals surface area contributed by atoms with Gasteiger partial charge in [0.15, 0.2) is 17.3 Å². The van der Waals surface area contributed by atoms with Crippen molar-refractivity contribution in [2.45, 2.75) is 6.92 Å². The summed E-state index contributed by atoms with van der Waals surface area (Å²) in [5, 5.41) is 0. The maximum atomic E-state index is 12.4. The van der Waals surface area contributed by atoms with Crippen LogP contribution in [0.5, 0.6) is 17.2 Å². The van der Waals surface area contributed by atoms with Crippen LogP contribution >= 0.6 is 0 Å². The first-order valence-electron chi connectivity index (χ1n) is 8.72. The molecule has 0 atom stereocenters. The van der Waals surface area contributed by atoms with E-state index in [0.29, 0.717) is 41.7 Å². The monoisotopic (exact) mass is 403 g/mol. The number of carbonyl (C=O) groups is 1. The standard InChI is InChI=1S/C20H21NO6S/c1-3-28(23,24)21-16-7-5-15(6-8-16)17(22)9-4-14-12-18(25-2)20-19(13-14)26-10-11-27-20/h4-9,12-13,21H,3,10-11H2,1-2H3/b9-4+. The van der Waals surface area contributed by atoms with Crippen LogP contribution in [0.4, 0.5) is 5.69 Å². The summed E-state index contributed by atoms with van der Waals surface area (Å²) in [4.78, 5) is 12.4. The first-order valence-corrected chi connectivity index (χ1v) is 10.4. The van der Waals surface area contributed by atoms with Crippen molar-refractivity contribution in [3.05, 3.63) is 53.6 Å². The lowest BCUT2D eigenvalue weighted by Crippen LogP contribution is -2.16. The van der Waals surface area contributed by atoms with Crippen LogP contribution in [0.25, 0.3) is 6.08 Å². The van der Waals surface area contributed by atoms with Gasteiger partial charge in [0.05, 0.1) is 12.9 Å². The maximum absolute atomic E-state index is 12.4. The van der Waals surface area contributed by atoms with E-state index in [0.717, 1.165) is 5.56 Å². The first-order chi connectivity index (χ1) is 13.4. The van der Waals surface area contributed by atoms with E-state index < -0.39 is 10.0 Å². The molecule has 0 fully saturated rings. The molecule has 0 saturated heterocycles. The van der Waals surface area contributed by atoms with Gasteiger partial charge in [-0.15, -0.1) is 0 Å². The van der Waals surface area contributed by atoms with Crippen LogP contribution in [0.15, 0.2) is 42.5 Å². The third-order valence-electron chi connectivity index (χ3n) is 4.10. The Labute approximate surface area is 164 Å². The minimum Gasteiger partial charge on any atom is -0.493 e. The zero-order valence-corrected chi connectivity index (χ0v) is 16.4. The second-order valence-electron chi connectivity index (χ2n) is 6.03. The van der Waals surface area contributed by atoms with Gasteiger partial charge in [0.1, 0.15) is 13.2 Å². The minimum atomic E-state index is -3.35. The van der Waals surface area contributed by atoms with E-state index in [1.54, 1.807) is 56.5 Å². The second kappa shape index (κ2) is 8.35. The molecule has 7 nitrogen and oxygen atoms in total. The van der Waals surface area contributed by atoms with Crippen molar-refractivity contribution in [2.75, 3.05) is 30.8 Å². The lowest BCUT2D eigenvalue weighted by molar-refractivity contribution is 0.104. The molecule has 148 valence electrons. The van der Waals surface area contributed by atoms with Crippen molar-refractivity contribution in [3.63, 3.8) is 0 Å². The number of fused-ring (bicyclic) bond motifs is 1. The summed E-state index contributed by atoms with van der Waals surface area (Å²) in [5.41, 5.74) is 1.60. The van der Waals surface area contributed by atoms with E-state index in [-0.39, 0.29) is 11.5 Å². The van der Waals surface area contributed by atoms with E-state index in [1.807, 2.05) is 0 Å². The normalized spacial score (nSPS) is 13.4. The molecule has 1 N–H and O–H groups in total. The highest BCUT2D eigenvalue weighted by Gasteiger charge is 2.18. The number of methoxy groups -OCH3 is 1. The highest BCUT2D eigenvalue weighted by Crippen LogP contribution is 2.40. The largest absolute Gasteiger partial charge is 0.493 e. The number of hydrogen-bond donors (Lipinski definition) is 1. The van der Waals surface area contributed by atoms with Gasteiger partial charge in [-0.2, -0.15) is 0 Å². The molecule has 0 amide bonds. The third-order valence-corrected chi connectivity index (χ3v) is 5.41. The number of carbonyl (C=O) groups excluding carboxylic acids is 1. The molecule has 0 spiro atoms. The van der Waals surface area contributed by atoms with Crippen molar-refractivity contribution in [1.82, 2.24) is 0 Å². The number of nitrogens with one attached hydrogen (secondary N) is 1. The minimum absolute atomic E-state index is 0.0184. The number of allylic oxidation sites excluding steroid dienone is 1. The Morgan fingerprint density at radius 2 is 1.89 bits per heavy atom. The summed E-state index contributed by atoms with van der Waals surface area (Å²) in [6, 6.07) is 9.81. The zero-order valence-electron chi connectivity index (χ0n) is 15.6. The van der Waals surface area contributed by atoms with Crippen molar-refractivity contribution in [2.24, 2.45) is 0 Å². The van der Waals surface area contributed by atoms with E-state index in [4.69, 9.17) is 14.2 Å². The van der Waals surface area contributed by atoms with E-state index in [9.17, 15) is 13.2 Å². The van der Waals surface area contributed by atoms with E-state index in [2.05, 4.69) is 4.72 Å². The number of hydrogen-bond acceptors (Lipinski definition) is 6. The average Bonchev–Trinajstić information content (AvgIpc) is 2.71. The molecule has 0 unspecified atom stereocenters. The number of rotatable bonds is 7. The van der Waals surface area contributed by atoms with Gasteiger partial charge in [-0.1, -0.05) is 6.08 Å². The fourth-order valence-electron chi connectivity index (χ4n) is 2.61. The van der Waals surface area contributed by atoms with Gasteiger partial charge < -0.3 is 14.2 Å². The number of ketones is 1. The number of sulfonamides is 1. The predicted molar refractivity (Wildman–Crippen MR) is 107 cm³/mol. The summed E-state index contributed by atoms with van der Waals surface area (Å²) in [5.74, 6) is 1.44. The molecule has 0 bridgehead atoms. The van der Waals surface area contributed by atoms with Crippen molar-refractivity contribution >= 4 is 27.6 Å². The fraction of sp³-hybridized carbons (Fsp3) is 0.250. The number of anilines is 1. The average molecular weight is 403 g/mol. The number of benzene rings is 2. The molecule has 28 heavy (non-hydrogen) atoms. The maximum Gasteiger partial charge on any atom is 0.232 e. The van der Waals surface area contributed by atoms with Gasteiger partial charge in [0, 0.05) is 11.3 Å². The van der Waals surface area contributed by atoms with Gasteiger partial charge in [0.25, 0.3) is 0 Å². The van der Waals surface area contributed by atoms with Gasteiger partial charge in [-0.05, 0) is 55.0 Å². The van der Waals surface area contributed by atoms with Gasteiger partial charge in [-0.25, -0.2) is 8.42 Å². The highest BCUT2D eigenvalue weighted by molar-refractivity contribution is 7.92. The Bertz CT molecular complexity index is 979. The predicted octanol–water partition coefficient (Wildman–Crippen LogP) is 3.12. The molecule has 1 aliphatic heterocycles. The van der Waals surface area contributed by atoms with Crippen LogP contribution in [0.1, 0.15) is 22.8 Å². The van der Waals surface area contributed by atoms with Crippen molar-refractivity contribution in [3.8, 4) is 17.2 Å². The van der Waals surface area contributed by atoms with Gasteiger partial charge >= 0.3 is 0 Å². The van der Waals surface area contributed by atoms with Gasteiger partial charge in [-0.3, -0.25) is 9.52 Å². The van der Waals surface area contributed by atoms with Gasteiger partial charge in [0.2, 0.25) is 15.8 Å². The molecule has 3 rings (SSSR count). The topological polar surface area (TPSA) is 90.9 Å². The van der Waals surface area contributed by atoms with Crippen molar-refractivity contribution in [1.29, 1.82) is 0 Å². The highest BCUT2D eigenvalue weighted by atomic mass is 32.2. The molecule has 0 aliphatic carbocycles. The van der Waals surface area contributed by atoms with E-state index in [1.165, 1.54) is 6.08 Å². The Kier molecular flexibility index (Phi) is 5.89. The number of ether oxygens (including phenoxy) is 3. The summed E-state index contributed by atoms with van der Waals surface area (Å²) >= 11 is 0. The summed E-state index contributed by atoms with van der Waals surface area (Å²) in [7, 11) is -1.81. The van der Waals surface area contributed by atoms with Crippen LogP contribution in [-0.2, 0) is 10.0 Å². The van der Waals surface area contributed by atoms with Crippen LogP contribution in [0.3, 0.4) is 0 Å². The van der Waals surface area contributed by atoms with Crippen LogP contribution in [-0.4, -0.2) is 40.3 Å². The molecule has 1 aliphatic rings. The van der Waals surface area contributed by atoms with Crippen LogP contribution in [0.2, 0.25) is 0 Å². The second-order valence-corrected chi connectivity index (χ2v) is 8.04. The molecule has 0 saturated carbocycles. The Morgan fingerprint density at radius 1 is 1.18 bits per heavy atom. The fourth-order valence-corrected chi connectivity index (χ4v) is 3.25. The summed E-state index contributed by atoms with van der Waals surface area (Å²) in [6.45, 7) is 2.47. The molecule has 1 heterocycles.